The molecule has 1 saturated carbocycles. The molecule has 1 aliphatic carbocycles. The Morgan fingerprint density at radius 2 is 1.83 bits per heavy atom. The number of amides is 1. The molecule has 0 radical (unpaired) electrons. The average molecular weight is 256 g/mol. The van der Waals surface area contributed by atoms with E-state index in [4.69, 9.17) is 5.73 Å². The quantitative estimate of drug-likeness (QED) is 0.648. The van der Waals surface area contributed by atoms with Crippen molar-refractivity contribution in [1.29, 1.82) is 0 Å². The molecule has 0 heterocycles. The van der Waals surface area contributed by atoms with Crippen LogP contribution in [-0.4, -0.2) is 28.6 Å². The number of nitrogens with two attached hydrogens (primary N) is 1. The van der Waals surface area contributed by atoms with Crippen molar-refractivity contribution in [1.82, 2.24) is 5.32 Å². The smallest absolute Gasteiger partial charge is 0.329 e. The summed E-state index contributed by atoms with van der Waals surface area (Å²) in [6, 6.07) is -0.602. The molecule has 0 aromatic carbocycles. The van der Waals surface area contributed by atoms with Crippen LogP contribution >= 0.6 is 0 Å². The molecule has 5 heteroatoms. The second kappa shape index (κ2) is 6.73. The van der Waals surface area contributed by atoms with E-state index >= 15 is 0 Å². The van der Waals surface area contributed by atoms with Gasteiger partial charge >= 0.3 is 5.97 Å². The van der Waals surface area contributed by atoms with Crippen LogP contribution in [-0.2, 0) is 9.59 Å². The summed E-state index contributed by atoms with van der Waals surface area (Å²) in [4.78, 5) is 23.4. The van der Waals surface area contributed by atoms with Crippen molar-refractivity contribution in [3.8, 4) is 0 Å². The second-order valence-electron chi connectivity index (χ2n) is 5.19. The topological polar surface area (TPSA) is 92.4 Å². The summed E-state index contributed by atoms with van der Waals surface area (Å²) in [6.45, 7) is 1.95. The van der Waals surface area contributed by atoms with Crippen molar-refractivity contribution < 1.29 is 14.7 Å². The fraction of sp³-hybridized carbons (Fsp3) is 0.846. The molecule has 1 fully saturated rings. The minimum absolute atomic E-state index is 0.332. The fourth-order valence-electron chi connectivity index (χ4n) is 2.50. The van der Waals surface area contributed by atoms with Crippen molar-refractivity contribution >= 4 is 11.9 Å². The molecule has 104 valence electrons. The molecule has 0 aliphatic heterocycles. The van der Waals surface area contributed by atoms with Crippen molar-refractivity contribution in [2.24, 2.45) is 5.73 Å². The number of carbonyl (C=O) groups is 2. The molecule has 1 unspecified atom stereocenters. The normalized spacial score (nSPS) is 20.8. The maximum absolute atomic E-state index is 11.9. The molecule has 1 amide bonds. The maximum atomic E-state index is 11.9. The van der Waals surface area contributed by atoms with Gasteiger partial charge in [-0.3, -0.25) is 4.79 Å². The number of carbonyl (C=O) groups excluding carboxylic acids is 1. The number of hydrogen-bond acceptors (Lipinski definition) is 3. The molecule has 1 rings (SSSR count). The zero-order valence-corrected chi connectivity index (χ0v) is 11.1. The van der Waals surface area contributed by atoms with Gasteiger partial charge in [0.2, 0.25) is 5.91 Å². The van der Waals surface area contributed by atoms with E-state index < -0.39 is 17.6 Å². The van der Waals surface area contributed by atoms with Gasteiger partial charge < -0.3 is 16.2 Å². The van der Waals surface area contributed by atoms with Crippen LogP contribution in [0.2, 0.25) is 0 Å². The van der Waals surface area contributed by atoms with Crippen LogP contribution in [0.4, 0.5) is 0 Å². The first-order valence-electron chi connectivity index (χ1n) is 6.83. The van der Waals surface area contributed by atoms with Crippen molar-refractivity contribution in [3.05, 3.63) is 0 Å². The Morgan fingerprint density at radius 3 is 2.28 bits per heavy atom. The Bertz CT molecular complexity index is 297. The highest BCUT2D eigenvalue weighted by Gasteiger charge is 2.40. The van der Waals surface area contributed by atoms with Gasteiger partial charge in [0, 0.05) is 0 Å². The molecule has 0 saturated heterocycles. The monoisotopic (exact) mass is 256 g/mol. The summed E-state index contributed by atoms with van der Waals surface area (Å²) in [6.07, 6.45) is 6.17. The number of carboxylic acid groups (broad SMARTS) is 1. The van der Waals surface area contributed by atoms with E-state index in [1.807, 2.05) is 6.92 Å². The zero-order chi connectivity index (χ0) is 13.6. The summed E-state index contributed by atoms with van der Waals surface area (Å²) < 4.78 is 0. The molecule has 5 nitrogen and oxygen atoms in total. The summed E-state index contributed by atoms with van der Waals surface area (Å²) in [5, 5.41) is 12.1. The van der Waals surface area contributed by atoms with Crippen molar-refractivity contribution in [2.45, 2.75) is 69.9 Å². The van der Waals surface area contributed by atoms with Crippen molar-refractivity contribution in [3.63, 3.8) is 0 Å². The highest BCUT2D eigenvalue weighted by atomic mass is 16.4. The fourth-order valence-corrected chi connectivity index (χ4v) is 2.50. The summed E-state index contributed by atoms with van der Waals surface area (Å²) >= 11 is 0. The van der Waals surface area contributed by atoms with E-state index in [2.05, 4.69) is 5.32 Å². The number of hydrogen-bond donors (Lipinski definition) is 3. The minimum Gasteiger partial charge on any atom is -0.480 e. The van der Waals surface area contributed by atoms with Crippen LogP contribution in [0.1, 0.15) is 58.3 Å². The first kappa shape index (κ1) is 15.0. The van der Waals surface area contributed by atoms with Gasteiger partial charge in [-0.05, 0) is 19.3 Å². The van der Waals surface area contributed by atoms with Gasteiger partial charge in [-0.2, -0.15) is 0 Å². The van der Waals surface area contributed by atoms with Gasteiger partial charge in [0.15, 0.2) is 0 Å². The summed E-state index contributed by atoms with van der Waals surface area (Å²) in [7, 11) is 0. The molecular weight excluding hydrogens is 232 g/mol. The van der Waals surface area contributed by atoms with E-state index in [0.29, 0.717) is 19.3 Å². The number of carboxylic acids is 1. The molecule has 1 aliphatic rings. The van der Waals surface area contributed by atoms with E-state index in [-0.39, 0.29) is 5.91 Å². The first-order chi connectivity index (χ1) is 8.52. The first-order valence-corrected chi connectivity index (χ1v) is 6.83. The van der Waals surface area contributed by atoms with Gasteiger partial charge in [0.1, 0.15) is 5.54 Å². The van der Waals surface area contributed by atoms with E-state index in [0.717, 1.165) is 32.1 Å². The lowest BCUT2D eigenvalue weighted by Gasteiger charge is -2.30. The third-order valence-corrected chi connectivity index (χ3v) is 3.67. The number of rotatable bonds is 5. The Morgan fingerprint density at radius 1 is 1.28 bits per heavy atom. The predicted octanol–water partition coefficient (Wildman–Crippen LogP) is 1.41. The van der Waals surface area contributed by atoms with Gasteiger partial charge in [-0.1, -0.05) is 39.0 Å². The van der Waals surface area contributed by atoms with Crippen LogP contribution in [0, 0.1) is 0 Å². The molecular formula is C13H24N2O3. The lowest BCUT2D eigenvalue weighted by molar-refractivity contribution is -0.148. The van der Waals surface area contributed by atoms with E-state index in [1.165, 1.54) is 0 Å². The van der Waals surface area contributed by atoms with Crippen molar-refractivity contribution in [2.75, 3.05) is 0 Å². The van der Waals surface area contributed by atoms with Gasteiger partial charge in [-0.15, -0.1) is 0 Å². The molecule has 0 aromatic heterocycles. The predicted molar refractivity (Wildman–Crippen MR) is 69.1 cm³/mol. The van der Waals surface area contributed by atoms with Crippen LogP contribution in [0.3, 0.4) is 0 Å². The second-order valence-corrected chi connectivity index (χ2v) is 5.19. The highest BCUT2D eigenvalue weighted by Crippen LogP contribution is 2.27. The highest BCUT2D eigenvalue weighted by molar-refractivity contribution is 5.89. The third kappa shape index (κ3) is 3.70. The SMILES string of the molecule is CCCC(N)C(=O)NC1(C(=O)O)CCCCCC1. The molecule has 0 bridgehead atoms. The lowest BCUT2D eigenvalue weighted by Crippen LogP contribution is -2.58. The lowest BCUT2D eigenvalue weighted by atomic mass is 9.89. The van der Waals surface area contributed by atoms with E-state index in [9.17, 15) is 14.7 Å². The van der Waals surface area contributed by atoms with Gasteiger partial charge in [0.05, 0.1) is 6.04 Å². The molecule has 1 atom stereocenters. The average Bonchev–Trinajstić information content (AvgIpc) is 2.56. The number of nitrogens with one attached hydrogen (secondary N) is 1. The standard InChI is InChI=1S/C13H24N2O3/c1-2-7-10(14)11(16)15-13(12(17)18)8-5-3-4-6-9-13/h10H,2-9,14H2,1H3,(H,15,16)(H,17,18). The Hall–Kier alpha value is -1.10. The van der Waals surface area contributed by atoms with Gasteiger partial charge in [0.25, 0.3) is 0 Å². The zero-order valence-electron chi connectivity index (χ0n) is 11.1. The Balaban J connectivity index is 2.72. The van der Waals surface area contributed by atoms with Gasteiger partial charge in [-0.25, -0.2) is 4.79 Å². The Kier molecular flexibility index (Phi) is 5.59. The van der Waals surface area contributed by atoms with Crippen LogP contribution in [0.15, 0.2) is 0 Å². The summed E-state index contributed by atoms with van der Waals surface area (Å²) in [5.74, 6) is -1.26. The number of aliphatic carboxylic acids is 1. The molecule has 4 N–H and O–H groups in total. The largest absolute Gasteiger partial charge is 0.480 e. The van der Waals surface area contributed by atoms with Crippen LogP contribution in [0.25, 0.3) is 0 Å². The minimum atomic E-state index is -1.10. The molecule has 18 heavy (non-hydrogen) atoms. The van der Waals surface area contributed by atoms with E-state index in [1.54, 1.807) is 0 Å². The van der Waals surface area contributed by atoms with Crippen LogP contribution in [0.5, 0.6) is 0 Å². The maximum Gasteiger partial charge on any atom is 0.329 e. The third-order valence-electron chi connectivity index (χ3n) is 3.67. The molecule has 0 spiro atoms. The Labute approximate surface area is 108 Å². The summed E-state index contributed by atoms with van der Waals surface area (Å²) in [5.41, 5.74) is 4.64. The van der Waals surface area contributed by atoms with Crippen LogP contribution < -0.4 is 11.1 Å². The molecule has 0 aromatic rings.